The van der Waals surface area contributed by atoms with E-state index in [1.807, 2.05) is 0 Å². The summed E-state index contributed by atoms with van der Waals surface area (Å²) in [7, 11) is 0. The van der Waals surface area contributed by atoms with Gasteiger partial charge < -0.3 is 5.32 Å². The van der Waals surface area contributed by atoms with Crippen molar-refractivity contribution in [3.8, 4) is 0 Å². The Kier molecular flexibility index (Phi) is 5.99. The number of hydrogen-bond donors (Lipinski definition) is 2. The first-order valence-corrected chi connectivity index (χ1v) is 7.75. The molecule has 1 aromatic heterocycles. The zero-order valence-electron chi connectivity index (χ0n) is 12.1. The first kappa shape index (κ1) is 17.6. The van der Waals surface area contributed by atoms with Crippen molar-refractivity contribution in [2.24, 2.45) is 5.10 Å². The van der Waals surface area contributed by atoms with Crippen molar-refractivity contribution in [1.82, 2.24) is 10.7 Å². The van der Waals surface area contributed by atoms with Crippen LogP contribution < -0.4 is 10.7 Å². The number of benzene rings is 1. The monoisotopic (exact) mass is 366 g/mol. The summed E-state index contributed by atoms with van der Waals surface area (Å²) in [5, 5.41) is 16.9. The molecule has 0 aliphatic heterocycles. The van der Waals surface area contributed by atoms with Crippen LogP contribution in [0.1, 0.15) is 15.2 Å². The van der Waals surface area contributed by atoms with Crippen LogP contribution in [0.4, 0.5) is 5.00 Å². The highest BCUT2D eigenvalue weighted by molar-refractivity contribution is 7.16. The van der Waals surface area contributed by atoms with Gasteiger partial charge in [-0.1, -0.05) is 35.1 Å². The smallest absolute Gasteiger partial charge is 0.324 e. The SMILES string of the molecule is O=C(CNC(=O)c1ccccc1Cl)N/N=C\c1ccc([N+](=O)[O-])s1. The van der Waals surface area contributed by atoms with Crippen LogP contribution in [0.3, 0.4) is 0 Å². The second-order valence-electron chi connectivity index (χ2n) is 4.39. The van der Waals surface area contributed by atoms with Crippen LogP contribution in [0, 0.1) is 10.1 Å². The van der Waals surface area contributed by atoms with Gasteiger partial charge in [0.1, 0.15) is 0 Å². The summed E-state index contributed by atoms with van der Waals surface area (Å²) in [6.07, 6.45) is 1.28. The molecular weight excluding hydrogens is 356 g/mol. The van der Waals surface area contributed by atoms with Gasteiger partial charge in [0.2, 0.25) is 0 Å². The average Bonchev–Trinajstić information content (AvgIpc) is 3.02. The lowest BCUT2D eigenvalue weighted by molar-refractivity contribution is -0.380. The quantitative estimate of drug-likeness (QED) is 0.463. The number of hydrogen-bond acceptors (Lipinski definition) is 6. The molecule has 0 radical (unpaired) electrons. The largest absolute Gasteiger partial charge is 0.343 e. The Balaban J connectivity index is 1.81. The van der Waals surface area contributed by atoms with Gasteiger partial charge in [-0.3, -0.25) is 19.7 Å². The third-order valence-corrected chi connectivity index (χ3v) is 4.00. The zero-order valence-corrected chi connectivity index (χ0v) is 13.6. The molecule has 0 saturated heterocycles. The number of carbonyl (C=O) groups is 2. The van der Waals surface area contributed by atoms with E-state index in [9.17, 15) is 19.7 Å². The zero-order chi connectivity index (χ0) is 17.5. The van der Waals surface area contributed by atoms with E-state index >= 15 is 0 Å². The van der Waals surface area contributed by atoms with Crippen molar-refractivity contribution < 1.29 is 14.5 Å². The summed E-state index contributed by atoms with van der Waals surface area (Å²) in [5.41, 5.74) is 2.48. The van der Waals surface area contributed by atoms with Crippen molar-refractivity contribution in [2.75, 3.05) is 6.54 Å². The van der Waals surface area contributed by atoms with Gasteiger partial charge in [0.05, 0.1) is 33.1 Å². The number of hydrazone groups is 1. The molecule has 10 heteroatoms. The van der Waals surface area contributed by atoms with Crippen molar-refractivity contribution in [3.63, 3.8) is 0 Å². The predicted molar refractivity (Wildman–Crippen MR) is 90.5 cm³/mol. The molecule has 0 saturated carbocycles. The third kappa shape index (κ3) is 4.86. The maximum atomic E-state index is 11.9. The van der Waals surface area contributed by atoms with Crippen LogP contribution in [-0.4, -0.2) is 29.5 Å². The summed E-state index contributed by atoms with van der Waals surface area (Å²) >= 11 is 6.80. The van der Waals surface area contributed by atoms with E-state index in [1.54, 1.807) is 18.2 Å². The van der Waals surface area contributed by atoms with Crippen molar-refractivity contribution in [1.29, 1.82) is 0 Å². The van der Waals surface area contributed by atoms with Crippen molar-refractivity contribution >= 4 is 46.0 Å². The number of nitrogens with zero attached hydrogens (tertiary/aromatic N) is 2. The number of carbonyl (C=O) groups excluding carboxylic acids is 2. The fourth-order valence-corrected chi connectivity index (χ4v) is 2.53. The highest BCUT2D eigenvalue weighted by Crippen LogP contribution is 2.22. The first-order chi connectivity index (χ1) is 11.5. The van der Waals surface area contributed by atoms with E-state index < -0.39 is 16.7 Å². The van der Waals surface area contributed by atoms with E-state index in [4.69, 9.17) is 11.6 Å². The van der Waals surface area contributed by atoms with E-state index in [2.05, 4.69) is 15.8 Å². The minimum atomic E-state index is -0.544. The molecule has 124 valence electrons. The molecule has 0 spiro atoms. The van der Waals surface area contributed by atoms with Gasteiger partial charge in [0, 0.05) is 6.07 Å². The standard InChI is InChI=1S/C14H11ClN4O4S/c15-11-4-2-1-3-10(11)14(21)16-8-12(20)18-17-7-9-5-6-13(24-9)19(22)23/h1-7H,8H2,(H,16,21)(H,18,20)/b17-7-. The lowest BCUT2D eigenvalue weighted by Crippen LogP contribution is -2.35. The highest BCUT2D eigenvalue weighted by Gasteiger charge is 2.11. The predicted octanol–water partition coefficient (Wildman–Crippen LogP) is 2.19. The Labute approximate surface area is 145 Å². The Hall–Kier alpha value is -2.78. The molecule has 2 amide bonds. The first-order valence-electron chi connectivity index (χ1n) is 6.56. The Morgan fingerprint density at radius 2 is 2.04 bits per heavy atom. The molecule has 1 heterocycles. The minimum Gasteiger partial charge on any atom is -0.343 e. The lowest BCUT2D eigenvalue weighted by Gasteiger charge is -2.05. The van der Waals surface area contributed by atoms with E-state index in [1.165, 1.54) is 24.4 Å². The number of nitro groups is 1. The molecule has 0 bridgehead atoms. The van der Waals surface area contributed by atoms with E-state index in [0.29, 0.717) is 4.88 Å². The van der Waals surface area contributed by atoms with Crippen LogP contribution in [0.25, 0.3) is 0 Å². The molecule has 2 rings (SSSR count). The Bertz CT molecular complexity index is 806. The van der Waals surface area contributed by atoms with Gasteiger partial charge in [0.25, 0.3) is 11.8 Å². The fraction of sp³-hybridized carbons (Fsp3) is 0.0714. The molecule has 1 aromatic carbocycles. The van der Waals surface area contributed by atoms with Crippen LogP contribution in [0.2, 0.25) is 5.02 Å². The topological polar surface area (TPSA) is 114 Å². The van der Waals surface area contributed by atoms with Crippen molar-refractivity contribution in [3.05, 3.63) is 62.0 Å². The van der Waals surface area contributed by atoms with Gasteiger partial charge >= 0.3 is 5.00 Å². The lowest BCUT2D eigenvalue weighted by atomic mass is 10.2. The molecule has 0 aliphatic carbocycles. The van der Waals surface area contributed by atoms with Crippen LogP contribution in [0.15, 0.2) is 41.5 Å². The van der Waals surface area contributed by atoms with Gasteiger partial charge in [-0.25, -0.2) is 5.43 Å². The molecule has 0 fully saturated rings. The minimum absolute atomic E-state index is 0.0187. The molecule has 2 N–H and O–H groups in total. The number of nitrogens with one attached hydrogen (secondary N) is 2. The summed E-state index contributed by atoms with van der Waals surface area (Å²) in [4.78, 5) is 34.0. The van der Waals surface area contributed by atoms with Crippen LogP contribution in [0.5, 0.6) is 0 Å². The normalized spacial score (nSPS) is 10.5. The maximum absolute atomic E-state index is 11.9. The second kappa shape index (κ2) is 8.18. The molecule has 0 aliphatic rings. The van der Waals surface area contributed by atoms with Gasteiger partial charge in [-0.2, -0.15) is 5.10 Å². The van der Waals surface area contributed by atoms with E-state index in [0.717, 1.165) is 11.3 Å². The van der Waals surface area contributed by atoms with E-state index in [-0.39, 0.29) is 22.1 Å². The summed E-state index contributed by atoms with van der Waals surface area (Å²) in [5.74, 6) is -1.02. The van der Waals surface area contributed by atoms with Crippen LogP contribution >= 0.6 is 22.9 Å². The van der Waals surface area contributed by atoms with Gasteiger partial charge in [-0.05, 0) is 18.2 Å². The Morgan fingerprint density at radius 1 is 1.29 bits per heavy atom. The molecule has 24 heavy (non-hydrogen) atoms. The Morgan fingerprint density at radius 3 is 2.71 bits per heavy atom. The molecule has 0 unspecified atom stereocenters. The summed E-state index contributed by atoms with van der Waals surface area (Å²) in [6, 6.07) is 9.31. The fourth-order valence-electron chi connectivity index (χ4n) is 1.62. The summed E-state index contributed by atoms with van der Waals surface area (Å²) in [6.45, 7) is -0.286. The number of halogens is 1. The highest BCUT2D eigenvalue weighted by atomic mass is 35.5. The van der Waals surface area contributed by atoms with Crippen molar-refractivity contribution in [2.45, 2.75) is 0 Å². The number of rotatable bonds is 6. The summed E-state index contributed by atoms with van der Waals surface area (Å²) < 4.78 is 0. The maximum Gasteiger partial charge on any atom is 0.324 e. The van der Waals surface area contributed by atoms with Crippen LogP contribution in [-0.2, 0) is 4.79 Å². The van der Waals surface area contributed by atoms with Gasteiger partial charge in [0.15, 0.2) is 0 Å². The number of thiophene rings is 1. The average molecular weight is 367 g/mol. The van der Waals surface area contributed by atoms with Gasteiger partial charge in [-0.15, -0.1) is 0 Å². The molecule has 0 atom stereocenters. The third-order valence-electron chi connectivity index (χ3n) is 2.70. The number of amides is 2. The molecule has 8 nitrogen and oxygen atoms in total. The molecular formula is C14H11ClN4O4S. The molecule has 2 aromatic rings. The second-order valence-corrected chi connectivity index (χ2v) is 5.89.